The molecular weight excluding hydrogens is 781 g/mol. The van der Waals surface area contributed by atoms with E-state index >= 15 is 0 Å². The van der Waals surface area contributed by atoms with Crippen molar-refractivity contribution in [3.63, 3.8) is 0 Å². The van der Waals surface area contributed by atoms with Gasteiger partial charge in [0, 0.05) is 52.1 Å². The fourth-order valence-corrected chi connectivity index (χ4v) is 8.93. The molecule has 0 fully saturated rings. The molecule has 5 heteroatoms. The predicted molar refractivity (Wildman–Crippen MR) is 270 cm³/mol. The lowest BCUT2D eigenvalue weighted by Gasteiger charge is -2.31. The Kier molecular flexibility index (Phi) is 10.6. The standard InChI is InChI=1S/C59H62N4O/c1-56(2,3)42-28-29-60-55(35-42)63-52-25-19-18-24-50(52)51-27-26-48(37-53(51)63)64-49-34-45(59(10,11)41-22-16-13-17-23-41)33-47(36-49)62-39-61(38-54(62)40-20-14-12-15-21-40)46-31-43(57(4,5)6)30-44(32-46)58(7,8)9/h12-38H,39H2,1-11H3. The number of hydrogen-bond donors (Lipinski definition) is 0. The summed E-state index contributed by atoms with van der Waals surface area (Å²) in [6, 6.07) is 55.0. The van der Waals surface area contributed by atoms with Gasteiger partial charge in [-0.2, -0.15) is 0 Å². The van der Waals surface area contributed by atoms with Crippen molar-refractivity contribution < 1.29 is 4.74 Å². The second-order valence-corrected chi connectivity index (χ2v) is 21.2. The average molecular weight is 843 g/mol. The first-order valence-corrected chi connectivity index (χ1v) is 22.7. The second-order valence-electron chi connectivity index (χ2n) is 21.2. The fourth-order valence-electron chi connectivity index (χ4n) is 8.93. The van der Waals surface area contributed by atoms with Crippen molar-refractivity contribution in [2.24, 2.45) is 0 Å². The van der Waals surface area contributed by atoms with Crippen LogP contribution in [0.4, 0.5) is 11.4 Å². The highest BCUT2D eigenvalue weighted by atomic mass is 16.5. The minimum atomic E-state index is -0.325. The van der Waals surface area contributed by atoms with Crippen LogP contribution in [0.5, 0.6) is 11.5 Å². The fraction of sp³-hybridized carbons (Fsp3) is 0.271. The van der Waals surface area contributed by atoms with E-state index in [2.05, 4.69) is 248 Å². The maximum absolute atomic E-state index is 7.09. The van der Waals surface area contributed by atoms with E-state index in [-0.39, 0.29) is 21.7 Å². The van der Waals surface area contributed by atoms with Crippen molar-refractivity contribution in [1.82, 2.24) is 9.55 Å². The van der Waals surface area contributed by atoms with E-state index in [0.717, 1.165) is 50.7 Å². The van der Waals surface area contributed by atoms with Gasteiger partial charge in [0.25, 0.3) is 0 Å². The van der Waals surface area contributed by atoms with Gasteiger partial charge in [-0.15, -0.1) is 0 Å². The molecule has 9 rings (SSSR count). The number of para-hydroxylation sites is 1. The number of nitrogens with zero attached hydrogens (tertiary/aromatic N) is 4. The van der Waals surface area contributed by atoms with Crippen molar-refractivity contribution in [3.8, 4) is 17.3 Å². The number of hydrogen-bond acceptors (Lipinski definition) is 4. The van der Waals surface area contributed by atoms with Crippen molar-refractivity contribution >= 4 is 38.9 Å². The summed E-state index contributed by atoms with van der Waals surface area (Å²) in [7, 11) is 0. The van der Waals surface area contributed by atoms with Crippen LogP contribution in [0.25, 0.3) is 33.3 Å². The van der Waals surface area contributed by atoms with Crippen molar-refractivity contribution in [2.75, 3.05) is 16.5 Å². The smallest absolute Gasteiger partial charge is 0.137 e. The molecule has 0 radical (unpaired) electrons. The SMILES string of the molecule is CC(C)(C)c1cc(N2C=C(c3ccccc3)N(c3cc(Oc4ccc5c6ccccc6n(-c6cc(C(C)(C)C)ccn6)c5c4)cc(C(C)(C)c4ccccc4)c3)C2)cc(C(C)(C)C)c1. The third-order valence-electron chi connectivity index (χ3n) is 13.1. The summed E-state index contributed by atoms with van der Waals surface area (Å²) in [6.45, 7) is 25.8. The molecule has 1 aliphatic heterocycles. The van der Waals surface area contributed by atoms with Gasteiger partial charge < -0.3 is 14.5 Å². The number of rotatable bonds is 8. The van der Waals surface area contributed by atoms with Crippen LogP contribution in [0.2, 0.25) is 0 Å². The van der Waals surface area contributed by atoms with E-state index in [0.29, 0.717) is 6.67 Å². The quantitative estimate of drug-likeness (QED) is 0.153. The summed E-state index contributed by atoms with van der Waals surface area (Å²) >= 11 is 0. The minimum absolute atomic E-state index is 0.00462. The maximum atomic E-state index is 7.09. The molecule has 0 aliphatic carbocycles. The Hall–Kier alpha value is -6.59. The van der Waals surface area contributed by atoms with Crippen LogP contribution < -0.4 is 14.5 Å². The van der Waals surface area contributed by atoms with E-state index in [1.165, 1.54) is 38.9 Å². The van der Waals surface area contributed by atoms with Crippen LogP contribution >= 0.6 is 0 Å². The van der Waals surface area contributed by atoms with E-state index in [9.17, 15) is 0 Å². The van der Waals surface area contributed by atoms with Gasteiger partial charge in [-0.05, 0) is 104 Å². The van der Waals surface area contributed by atoms with Gasteiger partial charge in [-0.3, -0.25) is 4.57 Å². The first-order chi connectivity index (χ1) is 30.3. The minimum Gasteiger partial charge on any atom is -0.457 e. The number of aromatic nitrogens is 2. The van der Waals surface area contributed by atoms with Crippen LogP contribution in [-0.2, 0) is 21.7 Å². The Balaban J connectivity index is 1.19. The number of anilines is 2. The summed E-state index contributed by atoms with van der Waals surface area (Å²) in [6.07, 6.45) is 4.26. The summed E-state index contributed by atoms with van der Waals surface area (Å²) in [5.41, 5.74) is 12.7. The molecule has 0 atom stereocenters. The first kappa shape index (κ1) is 42.7. The van der Waals surface area contributed by atoms with Crippen molar-refractivity contribution in [1.29, 1.82) is 0 Å². The zero-order valence-corrected chi connectivity index (χ0v) is 39.5. The number of pyridine rings is 1. The van der Waals surface area contributed by atoms with Crippen molar-refractivity contribution in [2.45, 2.75) is 97.8 Å². The molecule has 6 aromatic carbocycles. The number of ether oxygens (including phenoxy) is 1. The third-order valence-corrected chi connectivity index (χ3v) is 13.1. The molecule has 0 N–H and O–H groups in total. The zero-order valence-electron chi connectivity index (χ0n) is 39.5. The van der Waals surface area contributed by atoms with Gasteiger partial charge in [-0.25, -0.2) is 4.98 Å². The molecular formula is C59H62N4O. The van der Waals surface area contributed by atoms with E-state index in [4.69, 9.17) is 9.72 Å². The first-order valence-electron chi connectivity index (χ1n) is 22.7. The zero-order chi connectivity index (χ0) is 45.2. The van der Waals surface area contributed by atoms with Gasteiger partial charge in [0.1, 0.15) is 17.3 Å². The monoisotopic (exact) mass is 842 g/mol. The molecule has 0 amide bonds. The van der Waals surface area contributed by atoms with Gasteiger partial charge in [0.15, 0.2) is 0 Å². The summed E-state index contributed by atoms with van der Waals surface area (Å²) in [4.78, 5) is 9.79. The normalized spacial score (nSPS) is 13.8. The predicted octanol–water partition coefficient (Wildman–Crippen LogP) is 15.5. The Bertz CT molecular complexity index is 2990. The Morgan fingerprint density at radius 2 is 1.08 bits per heavy atom. The van der Waals surface area contributed by atoms with Crippen LogP contribution in [0.3, 0.4) is 0 Å². The highest BCUT2D eigenvalue weighted by Crippen LogP contribution is 2.43. The molecule has 0 spiro atoms. The number of fused-ring (bicyclic) bond motifs is 3. The third kappa shape index (κ3) is 8.20. The van der Waals surface area contributed by atoms with Crippen molar-refractivity contribution in [3.05, 3.63) is 197 Å². The van der Waals surface area contributed by atoms with Gasteiger partial charge in [0.05, 0.1) is 23.4 Å². The summed E-state index contributed by atoms with van der Waals surface area (Å²) in [5.74, 6) is 2.44. The Morgan fingerprint density at radius 1 is 0.469 bits per heavy atom. The molecule has 5 nitrogen and oxygen atoms in total. The van der Waals surface area contributed by atoms with Gasteiger partial charge >= 0.3 is 0 Å². The largest absolute Gasteiger partial charge is 0.457 e. The lowest BCUT2D eigenvalue weighted by Crippen LogP contribution is -2.28. The highest BCUT2D eigenvalue weighted by molar-refractivity contribution is 6.09. The average Bonchev–Trinajstić information content (AvgIpc) is 3.86. The molecule has 0 bridgehead atoms. The lowest BCUT2D eigenvalue weighted by atomic mass is 9.78. The summed E-state index contributed by atoms with van der Waals surface area (Å²) < 4.78 is 9.37. The van der Waals surface area contributed by atoms with E-state index < -0.39 is 0 Å². The molecule has 0 unspecified atom stereocenters. The van der Waals surface area contributed by atoms with Crippen LogP contribution in [0.15, 0.2) is 164 Å². The molecule has 3 heterocycles. The van der Waals surface area contributed by atoms with E-state index in [1.54, 1.807) is 0 Å². The van der Waals surface area contributed by atoms with Gasteiger partial charge in [0.2, 0.25) is 0 Å². The Morgan fingerprint density at radius 3 is 1.75 bits per heavy atom. The van der Waals surface area contributed by atoms with Gasteiger partial charge in [-0.1, -0.05) is 161 Å². The van der Waals surface area contributed by atoms with Crippen LogP contribution in [0, 0.1) is 0 Å². The topological polar surface area (TPSA) is 33.5 Å². The molecule has 2 aromatic heterocycles. The highest BCUT2D eigenvalue weighted by Gasteiger charge is 2.31. The van der Waals surface area contributed by atoms with Crippen LogP contribution in [-0.4, -0.2) is 16.2 Å². The van der Waals surface area contributed by atoms with Crippen LogP contribution in [0.1, 0.15) is 110 Å². The Labute approximate surface area is 380 Å². The molecule has 1 aliphatic rings. The molecule has 64 heavy (non-hydrogen) atoms. The second kappa shape index (κ2) is 15.9. The molecule has 0 saturated heterocycles. The number of benzene rings is 6. The lowest BCUT2D eigenvalue weighted by molar-refractivity contribution is 0.480. The molecule has 0 saturated carbocycles. The molecule has 324 valence electrons. The summed E-state index contributed by atoms with van der Waals surface area (Å²) in [5, 5.41) is 2.34. The maximum Gasteiger partial charge on any atom is 0.137 e. The van der Waals surface area contributed by atoms with E-state index in [1.807, 2.05) is 6.20 Å². The molecule has 8 aromatic rings.